The number of carbonyl (C=O) groups is 1. The maximum absolute atomic E-state index is 12.3. The molecule has 0 bridgehead atoms. The highest BCUT2D eigenvalue weighted by molar-refractivity contribution is 5.85. The molecule has 1 amide bonds. The molecule has 1 rings (SSSR count). The molecule has 0 aromatic heterocycles. The molecule has 1 heterocycles. The van der Waals surface area contributed by atoms with Crippen LogP contribution in [-0.4, -0.2) is 50.2 Å². The van der Waals surface area contributed by atoms with Crippen LogP contribution in [0.2, 0.25) is 0 Å². The highest BCUT2D eigenvalue weighted by atomic mass is 35.5. The van der Waals surface area contributed by atoms with Crippen LogP contribution in [-0.2, 0) is 9.53 Å². The van der Waals surface area contributed by atoms with Crippen LogP contribution >= 0.6 is 12.4 Å². The highest BCUT2D eigenvalue weighted by Crippen LogP contribution is 2.17. The molecular formula is C13H27ClN2O2. The van der Waals surface area contributed by atoms with E-state index in [0.717, 1.165) is 19.5 Å². The summed E-state index contributed by atoms with van der Waals surface area (Å²) in [7, 11) is 1.88. The molecule has 0 aliphatic carbocycles. The second kappa shape index (κ2) is 8.73. The van der Waals surface area contributed by atoms with Crippen molar-refractivity contribution in [3.63, 3.8) is 0 Å². The molecule has 0 aromatic carbocycles. The van der Waals surface area contributed by atoms with Crippen molar-refractivity contribution in [1.82, 2.24) is 10.2 Å². The van der Waals surface area contributed by atoms with Crippen LogP contribution in [0.5, 0.6) is 0 Å². The second-order valence-corrected chi connectivity index (χ2v) is 5.35. The Kier molecular flexibility index (Phi) is 8.57. The van der Waals surface area contributed by atoms with E-state index in [0.29, 0.717) is 19.1 Å². The molecule has 1 N–H and O–H groups in total. The summed E-state index contributed by atoms with van der Waals surface area (Å²) in [5.74, 6) is 0.901. The van der Waals surface area contributed by atoms with Gasteiger partial charge in [-0.25, -0.2) is 0 Å². The van der Waals surface area contributed by atoms with Crippen LogP contribution in [0.3, 0.4) is 0 Å². The van der Waals surface area contributed by atoms with E-state index in [9.17, 15) is 4.79 Å². The Balaban J connectivity index is 0.00000289. The Bertz CT molecular complexity index is 249. The second-order valence-electron chi connectivity index (χ2n) is 5.35. The fourth-order valence-electron chi connectivity index (χ4n) is 2.36. The Morgan fingerprint density at radius 3 is 2.67 bits per heavy atom. The molecule has 1 fully saturated rings. The predicted octanol–water partition coefficient (Wildman–Crippen LogP) is 1.54. The van der Waals surface area contributed by atoms with Gasteiger partial charge < -0.3 is 15.0 Å². The number of hydrogen-bond donors (Lipinski definition) is 1. The van der Waals surface area contributed by atoms with E-state index in [1.54, 1.807) is 0 Å². The molecule has 0 aromatic rings. The minimum absolute atomic E-state index is 0. The zero-order chi connectivity index (χ0) is 12.8. The third-order valence-corrected chi connectivity index (χ3v) is 3.19. The van der Waals surface area contributed by atoms with Gasteiger partial charge in [-0.1, -0.05) is 20.8 Å². The van der Waals surface area contributed by atoms with E-state index >= 15 is 0 Å². The molecule has 1 aliphatic heterocycles. The van der Waals surface area contributed by atoms with E-state index in [4.69, 9.17) is 4.74 Å². The highest BCUT2D eigenvalue weighted by Gasteiger charge is 2.30. The zero-order valence-electron chi connectivity index (χ0n) is 11.9. The van der Waals surface area contributed by atoms with Gasteiger partial charge in [0.1, 0.15) is 0 Å². The van der Waals surface area contributed by atoms with Crippen LogP contribution in [0.15, 0.2) is 0 Å². The average Bonchev–Trinajstić information content (AvgIpc) is 2.28. The molecule has 2 unspecified atom stereocenters. The van der Waals surface area contributed by atoms with Crippen molar-refractivity contribution in [2.45, 2.75) is 33.2 Å². The normalized spacial score (nSPS) is 21.6. The van der Waals surface area contributed by atoms with Crippen molar-refractivity contribution < 1.29 is 9.53 Å². The lowest BCUT2D eigenvalue weighted by Gasteiger charge is -2.38. The monoisotopic (exact) mass is 278 g/mol. The third kappa shape index (κ3) is 5.12. The number of halogens is 1. The Morgan fingerprint density at radius 1 is 1.44 bits per heavy atom. The molecule has 0 spiro atoms. The lowest BCUT2D eigenvalue weighted by molar-refractivity contribution is -0.144. The molecule has 5 heteroatoms. The fourth-order valence-corrected chi connectivity index (χ4v) is 2.36. The number of hydrogen-bond acceptors (Lipinski definition) is 3. The SMILES string of the molecule is CNCC(C)C(=O)N1CCOCC1CC(C)C.Cl. The first-order valence-corrected chi connectivity index (χ1v) is 6.59. The van der Waals surface area contributed by atoms with Crippen LogP contribution in [0, 0.1) is 11.8 Å². The van der Waals surface area contributed by atoms with Gasteiger partial charge in [0, 0.05) is 19.0 Å². The summed E-state index contributed by atoms with van der Waals surface area (Å²) in [6.07, 6.45) is 1.03. The Hall–Kier alpha value is -0.320. The summed E-state index contributed by atoms with van der Waals surface area (Å²) < 4.78 is 5.49. The predicted molar refractivity (Wildman–Crippen MR) is 76.1 cm³/mol. The van der Waals surface area contributed by atoms with Crippen LogP contribution in [0.4, 0.5) is 0 Å². The molecular weight excluding hydrogens is 252 g/mol. The smallest absolute Gasteiger partial charge is 0.227 e. The van der Waals surface area contributed by atoms with Gasteiger partial charge in [0.2, 0.25) is 5.91 Å². The molecule has 0 saturated carbocycles. The van der Waals surface area contributed by atoms with Gasteiger partial charge in [0.25, 0.3) is 0 Å². The summed E-state index contributed by atoms with van der Waals surface area (Å²) in [6, 6.07) is 0.260. The number of ether oxygens (including phenoxy) is 1. The van der Waals surface area contributed by atoms with Crippen molar-refractivity contribution >= 4 is 18.3 Å². The standard InChI is InChI=1S/C13H26N2O2.ClH/c1-10(2)7-12-9-17-6-5-15(12)13(16)11(3)8-14-4;/h10-12,14H,5-9H2,1-4H3;1H. The van der Waals surface area contributed by atoms with E-state index in [2.05, 4.69) is 19.2 Å². The van der Waals surface area contributed by atoms with Crippen molar-refractivity contribution in [2.24, 2.45) is 11.8 Å². The summed E-state index contributed by atoms with van der Waals surface area (Å²) in [6.45, 7) is 9.21. The van der Waals surface area contributed by atoms with Crippen LogP contribution in [0.1, 0.15) is 27.2 Å². The molecule has 1 aliphatic rings. The van der Waals surface area contributed by atoms with Crippen molar-refractivity contribution in [2.75, 3.05) is 33.4 Å². The van der Waals surface area contributed by atoms with Crippen molar-refractivity contribution in [3.05, 3.63) is 0 Å². The number of rotatable bonds is 5. The van der Waals surface area contributed by atoms with Gasteiger partial charge in [-0.15, -0.1) is 12.4 Å². The van der Waals surface area contributed by atoms with Crippen molar-refractivity contribution in [1.29, 1.82) is 0 Å². The Labute approximate surface area is 117 Å². The quantitative estimate of drug-likeness (QED) is 0.829. The van der Waals surface area contributed by atoms with Gasteiger partial charge >= 0.3 is 0 Å². The lowest BCUT2D eigenvalue weighted by Crippen LogP contribution is -2.51. The summed E-state index contributed by atoms with van der Waals surface area (Å²) in [4.78, 5) is 14.3. The van der Waals surface area contributed by atoms with E-state index < -0.39 is 0 Å². The molecule has 108 valence electrons. The Morgan fingerprint density at radius 2 is 2.11 bits per heavy atom. The largest absolute Gasteiger partial charge is 0.377 e. The molecule has 4 nitrogen and oxygen atoms in total. The van der Waals surface area contributed by atoms with E-state index in [1.807, 2.05) is 18.9 Å². The molecule has 0 radical (unpaired) electrons. The minimum atomic E-state index is 0. The first kappa shape index (κ1) is 17.7. The molecule has 2 atom stereocenters. The maximum Gasteiger partial charge on any atom is 0.227 e. The van der Waals surface area contributed by atoms with Gasteiger partial charge in [0.05, 0.1) is 19.3 Å². The first-order valence-electron chi connectivity index (χ1n) is 6.59. The topological polar surface area (TPSA) is 41.6 Å². The van der Waals surface area contributed by atoms with Crippen molar-refractivity contribution in [3.8, 4) is 0 Å². The van der Waals surface area contributed by atoms with Gasteiger partial charge in [0.15, 0.2) is 0 Å². The lowest BCUT2D eigenvalue weighted by atomic mass is 10.00. The van der Waals surface area contributed by atoms with E-state index in [-0.39, 0.29) is 30.3 Å². The number of nitrogens with zero attached hydrogens (tertiary/aromatic N) is 1. The van der Waals surface area contributed by atoms with Gasteiger partial charge in [-0.2, -0.15) is 0 Å². The van der Waals surface area contributed by atoms with Gasteiger partial charge in [-0.05, 0) is 19.4 Å². The van der Waals surface area contributed by atoms with Gasteiger partial charge in [-0.3, -0.25) is 4.79 Å². The number of carbonyl (C=O) groups excluding carboxylic acids is 1. The summed E-state index contributed by atoms with van der Waals surface area (Å²) >= 11 is 0. The summed E-state index contributed by atoms with van der Waals surface area (Å²) in [5.41, 5.74) is 0. The number of amides is 1. The number of morpholine rings is 1. The van der Waals surface area contributed by atoms with Crippen LogP contribution < -0.4 is 5.32 Å². The molecule has 1 saturated heterocycles. The fraction of sp³-hybridized carbons (Fsp3) is 0.923. The van der Waals surface area contributed by atoms with Crippen LogP contribution in [0.25, 0.3) is 0 Å². The van der Waals surface area contributed by atoms with E-state index in [1.165, 1.54) is 0 Å². The number of nitrogens with one attached hydrogen (secondary N) is 1. The third-order valence-electron chi connectivity index (χ3n) is 3.19. The average molecular weight is 279 g/mol. The first-order chi connectivity index (χ1) is 8.06. The molecule has 18 heavy (non-hydrogen) atoms. The minimum Gasteiger partial charge on any atom is -0.377 e. The maximum atomic E-state index is 12.3. The summed E-state index contributed by atoms with van der Waals surface area (Å²) in [5, 5.41) is 3.06. The zero-order valence-corrected chi connectivity index (χ0v) is 12.8.